The van der Waals surface area contributed by atoms with E-state index in [9.17, 15) is 14.8 Å². The van der Waals surface area contributed by atoms with Crippen molar-refractivity contribution in [2.24, 2.45) is 0 Å². The van der Waals surface area contributed by atoms with Gasteiger partial charge >= 0.3 is 0 Å². The predicted octanol–water partition coefficient (Wildman–Crippen LogP) is 4.93. The number of thiazole rings is 1. The molecule has 1 saturated heterocycles. The average Bonchev–Trinajstić information content (AvgIpc) is 3.59. The summed E-state index contributed by atoms with van der Waals surface area (Å²) in [7, 11) is 2.00. The van der Waals surface area contributed by atoms with Crippen LogP contribution in [0.15, 0.2) is 36.4 Å². The third-order valence-corrected chi connectivity index (χ3v) is 8.72. The summed E-state index contributed by atoms with van der Waals surface area (Å²) >= 11 is 1.35. The van der Waals surface area contributed by atoms with Gasteiger partial charge in [-0.2, -0.15) is 10.4 Å². The minimum atomic E-state index is -0.317. The van der Waals surface area contributed by atoms with Crippen LogP contribution in [0.2, 0.25) is 0 Å². The number of pyridine rings is 1. The molecule has 0 atom stereocenters. The zero-order chi connectivity index (χ0) is 27.1. The van der Waals surface area contributed by atoms with Crippen molar-refractivity contribution in [1.82, 2.24) is 19.5 Å². The minimum absolute atomic E-state index is 0.233. The Balaban J connectivity index is 1.37. The first kappa shape index (κ1) is 25.7. The van der Waals surface area contributed by atoms with E-state index >= 15 is 0 Å². The molecule has 0 amide bonds. The number of aliphatic hydroxyl groups excluding tert-OH is 1. The summed E-state index contributed by atoms with van der Waals surface area (Å²) in [6.07, 6.45) is 3.05. The molecule has 1 aliphatic heterocycles. The van der Waals surface area contributed by atoms with Crippen molar-refractivity contribution in [1.29, 1.82) is 5.26 Å². The summed E-state index contributed by atoms with van der Waals surface area (Å²) < 4.78 is 15.6. The Morgan fingerprint density at radius 2 is 1.90 bits per heavy atom. The lowest BCUT2D eigenvalue weighted by Gasteiger charge is -2.36. The van der Waals surface area contributed by atoms with Crippen molar-refractivity contribution in [3.05, 3.63) is 58.5 Å². The third-order valence-electron chi connectivity index (χ3n) is 7.69. The summed E-state index contributed by atoms with van der Waals surface area (Å²) in [5, 5.41) is 24.8. The number of nitriles is 1. The molecule has 1 aliphatic carbocycles. The van der Waals surface area contributed by atoms with E-state index in [1.807, 2.05) is 11.6 Å². The quantitative estimate of drug-likeness (QED) is 0.336. The van der Waals surface area contributed by atoms with Gasteiger partial charge in [0.05, 0.1) is 16.9 Å². The lowest BCUT2D eigenvalue weighted by Crippen LogP contribution is -2.46. The maximum absolute atomic E-state index is 13.5. The fourth-order valence-electron chi connectivity index (χ4n) is 5.40. The summed E-state index contributed by atoms with van der Waals surface area (Å²) in [4.78, 5) is 12.3. The number of hydrogen-bond acceptors (Lipinski definition) is 8. The van der Waals surface area contributed by atoms with Crippen LogP contribution in [0.25, 0.3) is 16.8 Å². The van der Waals surface area contributed by atoms with Crippen LogP contribution in [0, 0.1) is 24.1 Å². The number of aryl methyl sites for hydroxylation is 1. The highest BCUT2D eigenvalue weighted by Crippen LogP contribution is 2.48. The molecule has 3 aromatic heterocycles. The van der Waals surface area contributed by atoms with Crippen molar-refractivity contribution in [2.75, 3.05) is 56.2 Å². The number of aromatic nitrogens is 3. The number of piperazine rings is 1. The standard InChI is InChI=1S/C29H32FN7OS/c1-19-16-23(36-13-11-35(12-14-36)10-3-15-38)17-24-28(27(21-4-5-21)33-37(19)24)34(2)29-32-26(25(18-31)39-29)20-6-8-22(30)9-7-20/h6-9,16-17,21,38H,3-5,10-15H2,1-2H3. The van der Waals surface area contributed by atoms with Crippen LogP contribution < -0.4 is 9.80 Å². The monoisotopic (exact) mass is 545 g/mol. The van der Waals surface area contributed by atoms with Gasteiger partial charge in [-0.15, -0.1) is 0 Å². The Bertz CT molecular complexity index is 1530. The first-order chi connectivity index (χ1) is 19.0. The van der Waals surface area contributed by atoms with Gasteiger partial charge in [-0.1, -0.05) is 11.3 Å². The SMILES string of the molecule is Cc1cc(N2CCN(CCCO)CC2)cc2c(N(C)c3nc(-c4ccc(F)cc4)c(C#N)s3)c(C3CC3)nn12. The normalized spacial score (nSPS) is 16.1. The number of anilines is 3. The summed E-state index contributed by atoms with van der Waals surface area (Å²) in [5.74, 6) is 0.107. The van der Waals surface area contributed by atoms with E-state index < -0.39 is 0 Å². The highest BCUT2D eigenvalue weighted by molar-refractivity contribution is 7.16. The Hall–Kier alpha value is -3.52. The Morgan fingerprint density at radius 1 is 1.15 bits per heavy atom. The molecule has 1 saturated carbocycles. The maximum Gasteiger partial charge on any atom is 0.191 e. The largest absolute Gasteiger partial charge is 0.396 e. The van der Waals surface area contributed by atoms with E-state index in [1.165, 1.54) is 29.2 Å². The summed E-state index contributed by atoms with van der Waals surface area (Å²) in [6.45, 7) is 7.10. The van der Waals surface area contributed by atoms with Crippen molar-refractivity contribution in [2.45, 2.75) is 32.1 Å². The molecule has 1 N–H and O–H groups in total. The fourth-order valence-corrected chi connectivity index (χ4v) is 6.26. The smallest absolute Gasteiger partial charge is 0.191 e. The molecule has 0 bridgehead atoms. The first-order valence-electron chi connectivity index (χ1n) is 13.5. The second-order valence-corrected chi connectivity index (χ2v) is 11.4. The second-order valence-electron chi connectivity index (χ2n) is 10.4. The van der Waals surface area contributed by atoms with Crippen LogP contribution >= 0.6 is 11.3 Å². The van der Waals surface area contributed by atoms with Crippen LogP contribution in [0.1, 0.15) is 41.4 Å². The maximum atomic E-state index is 13.5. The van der Waals surface area contributed by atoms with Gasteiger partial charge in [0.1, 0.15) is 22.5 Å². The molecular weight excluding hydrogens is 513 g/mol. The van der Waals surface area contributed by atoms with E-state index in [0.29, 0.717) is 21.6 Å². The molecule has 4 aromatic rings. The Kier molecular flexibility index (Phi) is 6.97. The number of fused-ring (bicyclic) bond motifs is 1. The predicted molar refractivity (Wildman–Crippen MR) is 153 cm³/mol. The fraction of sp³-hybridized carbons (Fsp3) is 0.414. The van der Waals surface area contributed by atoms with Gasteiger partial charge in [-0.25, -0.2) is 13.9 Å². The molecule has 10 heteroatoms. The van der Waals surface area contributed by atoms with Crippen molar-refractivity contribution >= 4 is 33.4 Å². The van der Waals surface area contributed by atoms with E-state index in [2.05, 4.69) is 39.8 Å². The molecule has 39 heavy (non-hydrogen) atoms. The van der Waals surface area contributed by atoms with Gasteiger partial charge in [-0.05, 0) is 62.6 Å². The molecule has 0 unspecified atom stereocenters. The molecule has 2 fully saturated rings. The van der Waals surface area contributed by atoms with E-state index in [1.54, 1.807) is 12.1 Å². The minimum Gasteiger partial charge on any atom is -0.396 e. The number of benzene rings is 1. The number of hydrogen-bond donors (Lipinski definition) is 1. The summed E-state index contributed by atoms with van der Waals surface area (Å²) in [6, 6.07) is 12.9. The highest BCUT2D eigenvalue weighted by Gasteiger charge is 2.33. The van der Waals surface area contributed by atoms with Gasteiger partial charge in [0, 0.05) is 69.2 Å². The number of aliphatic hydroxyl groups is 1. The highest BCUT2D eigenvalue weighted by atomic mass is 32.1. The number of nitrogens with zero attached hydrogens (tertiary/aromatic N) is 7. The van der Waals surface area contributed by atoms with Crippen LogP contribution in [0.3, 0.4) is 0 Å². The molecule has 8 nitrogen and oxygen atoms in total. The molecule has 202 valence electrons. The van der Waals surface area contributed by atoms with E-state index in [4.69, 9.17) is 10.1 Å². The van der Waals surface area contributed by atoms with E-state index in [0.717, 1.165) is 80.1 Å². The first-order valence-corrected chi connectivity index (χ1v) is 14.3. The zero-order valence-electron chi connectivity index (χ0n) is 22.3. The molecule has 0 spiro atoms. The zero-order valence-corrected chi connectivity index (χ0v) is 23.1. The molecule has 6 rings (SSSR count). The Labute approximate surface area is 231 Å². The number of halogens is 1. The molecule has 0 radical (unpaired) electrons. The van der Waals surface area contributed by atoms with Crippen molar-refractivity contribution < 1.29 is 9.50 Å². The van der Waals surface area contributed by atoms with Crippen LogP contribution in [-0.4, -0.2) is 71.0 Å². The van der Waals surface area contributed by atoms with Gasteiger partial charge in [0.15, 0.2) is 5.13 Å². The second kappa shape index (κ2) is 10.6. The Morgan fingerprint density at radius 3 is 2.56 bits per heavy atom. The summed E-state index contributed by atoms with van der Waals surface area (Å²) in [5.41, 5.74) is 6.70. The molecule has 1 aromatic carbocycles. The lowest BCUT2D eigenvalue weighted by atomic mass is 10.1. The molecule has 4 heterocycles. The molecular formula is C29H32FN7OS. The van der Waals surface area contributed by atoms with Gasteiger partial charge < -0.3 is 14.9 Å². The lowest BCUT2D eigenvalue weighted by molar-refractivity contribution is 0.216. The molecule has 2 aliphatic rings. The van der Waals surface area contributed by atoms with Gasteiger partial charge in [0.25, 0.3) is 0 Å². The van der Waals surface area contributed by atoms with Crippen LogP contribution in [-0.2, 0) is 0 Å². The van der Waals surface area contributed by atoms with E-state index in [-0.39, 0.29) is 12.4 Å². The van der Waals surface area contributed by atoms with Gasteiger partial charge in [0.2, 0.25) is 0 Å². The number of rotatable bonds is 8. The van der Waals surface area contributed by atoms with Gasteiger partial charge in [-0.3, -0.25) is 4.90 Å². The van der Waals surface area contributed by atoms with Crippen molar-refractivity contribution in [3.8, 4) is 17.3 Å². The van der Waals surface area contributed by atoms with Crippen LogP contribution in [0.5, 0.6) is 0 Å². The topological polar surface area (TPSA) is 83.9 Å². The van der Waals surface area contributed by atoms with Crippen LogP contribution in [0.4, 0.5) is 20.9 Å². The average molecular weight is 546 g/mol. The third kappa shape index (κ3) is 4.98. The van der Waals surface area contributed by atoms with Crippen molar-refractivity contribution in [3.63, 3.8) is 0 Å².